The summed E-state index contributed by atoms with van der Waals surface area (Å²) in [7, 11) is 0. The van der Waals surface area contributed by atoms with E-state index >= 15 is 0 Å². The number of halogens is 1. The standard InChI is InChI=1S/C12H18BrNO2/c1-4-16-10-6-8(12(2,3)7-14)5-9(13)11(10)15/h5-6,15H,4,7,14H2,1-3H3. The van der Waals surface area contributed by atoms with E-state index in [-0.39, 0.29) is 11.2 Å². The third kappa shape index (κ3) is 2.68. The summed E-state index contributed by atoms with van der Waals surface area (Å²) in [6, 6.07) is 3.72. The Hall–Kier alpha value is -0.740. The highest BCUT2D eigenvalue weighted by Gasteiger charge is 2.21. The summed E-state index contributed by atoms with van der Waals surface area (Å²) in [4.78, 5) is 0. The van der Waals surface area contributed by atoms with Crippen molar-refractivity contribution in [3.05, 3.63) is 22.2 Å². The number of hydrogen-bond donors (Lipinski definition) is 2. The minimum Gasteiger partial charge on any atom is -0.503 e. The zero-order valence-corrected chi connectivity index (χ0v) is 11.5. The fraction of sp³-hybridized carbons (Fsp3) is 0.500. The molecule has 0 fully saturated rings. The molecule has 0 aliphatic heterocycles. The van der Waals surface area contributed by atoms with Gasteiger partial charge in [0.2, 0.25) is 0 Å². The van der Waals surface area contributed by atoms with Crippen molar-refractivity contribution in [1.82, 2.24) is 0 Å². The molecule has 0 spiro atoms. The van der Waals surface area contributed by atoms with Crippen molar-refractivity contribution in [2.24, 2.45) is 5.73 Å². The van der Waals surface area contributed by atoms with Crippen LogP contribution < -0.4 is 10.5 Å². The normalized spacial score (nSPS) is 11.6. The van der Waals surface area contributed by atoms with Gasteiger partial charge in [-0.2, -0.15) is 0 Å². The predicted octanol–water partition coefficient (Wildman–Crippen LogP) is 2.79. The highest BCUT2D eigenvalue weighted by Crippen LogP contribution is 2.38. The van der Waals surface area contributed by atoms with Crippen molar-refractivity contribution >= 4 is 15.9 Å². The predicted molar refractivity (Wildman–Crippen MR) is 69.1 cm³/mol. The van der Waals surface area contributed by atoms with Crippen LogP contribution in [0.15, 0.2) is 16.6 Å². The molecule has 0 saturated heterocycles. The average molecular weight is 288 g/mol. The van der Waals surface area contributed by atoms with E-state index in [4.69, 9.17) is 10.5 Å². The minimum absolute atomic E-state index is 0.137. The molecule has 0 aromatic heterocycles. The summed E-state index contributed by atoms with van der Waals surface area (Å²) in [6.07, 6.45) is 0. The van der Waals surface area contributed by atoms with Crippen LogP contribution >= 0.6 is 15.9 Å². The lowest BCUT2D eigenvalue weighted by Gasteiger charge is -2.24. The van der Waals surface area contributed by atoms with Crippen LogP contribution in [0.25, 0.3) is 0 Å². The van der Waals surface area contributed by atoms with Crippen molar-refractivity contribution in [2.75, 3.05) is 13.2 Å². The van der Waals surface area contributed by atoms with E-state index in [9.17, 15) is 5.11 Å². The molecule has 4 heteroatoms. The smallest absolute Gasteiger partial charge is 0.172 e. The SMILES string of the molecule is CCOc1cc(C(C)(C)CN)cc(Br)c1O. The Morgan fingerprint density at radius 2 is 2.06 bits per heavy atom. The Labute approximate surface area is 105 Å². The molecule has 0 radical (unpaired) electrons. The first kappa shape index (κ1) is 13.3. The summed E-state index contributed by atoms with van der Waals surface area (Å²) in [6.45, 7) is 7.06. The third-order valence-electron chi connectivity index (χ3n) is 2.62. The number of hydrogen-bond acceptors (Lipinski definition) is 3. The zero-order valence-electron chi connectivity index (χ0n) is 9.88. The van der Waals surface area contributed by atoms with Crippen molar-refractivity contribution in [3.63, 3.8) is 0 Å². The van der Waals surface area contributed by atoms with E-state index < -0.39 is 0 Å². The second-order valence-electron chi connectivity index (χ2n) is 4.33. The Morgan fingerprint density at radius 3 is 2.56 bits per heavy atom. The molecule has 0 unspecified atom stereocenters. The van der Waals surface area contributed by atoms with Gasteiger partial charge in [-0.15, -0.1) is 0 Å². The Kier molecular flexibility index (Phi) is 4.21. The fourth-order valence-corrected chi connectivity index (χ4v) is 1.79. The van der Waals surface area contributed by atoms with Gasteiger partial charge in [-0.3, -0.25) is 0 Å². The van der Waals surface area contributed by atoms with Gasteiger partial charge < -0.3 is 15.6 Å². The van der Waals surface area contributed by atoms with Crippen LogP contribution in [0.4, 0.5) is 0 Å². The van der Waals surface area contributed by atoms with E-state index in [2.05, 4.69) is 29.8 Å². The van der Waals surface area contributed by atoms with Gasteiger partial charge in [0.25, 0.3) is 0 Å². The number of phenolic OH excluding ortho intramolecular Hbond substituents is 1. The molecule has 1 aromatic rings. The summed E-state index contributed by atoms with van der Waals surface area (Å²) >= 11 is 3.32. The number of phenols is 1. The van der Waals surface area contributed by atoms with Crippen molar-refractivity contribution in [1.29, 1.82) is 0 Å². The van der Waals surface area contributed by atoms with Crippen LogP contribution in [0.2, 0.25) is 0 Å². The maximum absolute atomic E-state index is 9.79. The lowest BCUT2D eigenvalue weighted by atomic mass is 9.85. The summed E-state index contributed by atoms with van der Waals surface area (Å²) in [5.41, 5.74) is 6.64. The number of ether oxygens (including phenoxy) is 1. The quantitative estimate of drug-likeness (QED) is 0.895. The first-order chi connectivity index (χ1) is 7.42. The molecule has 16 heavy (non-hydrogen) atoms. The molecule has 1 rings (SSSR count). The van der Waals surface area contributed by atoms with Gasteiger partial charge in [0, 0.05) is 12.0 Å². The second-order valence-corrected chi connectivity index (χ2v) is 5.18. The monoisotopic (exact) mass is 287 g/mol. The lowest BCUT2D eigenvalue weighted by molar-refractivity contribution is 0.316. The second kappa shape index (κ2) is 5.06. The summed E-state index contributed by atoms with van der Waals surface area (Å²) < 4.78 is 6.01. The number of rotatable bonds is 4. The zero-order chi connectivity index (χ0) is 12.3. The van der Waals surface area contributed by atoms with Gasteiger partial charge in [-0.05, 0) is 40.5 Å². The average Bonchev–Trinajstić information content (AvgIpc) is 2.24. The molecule has 3 N–H and O–H groups in total. The molecule has 0 amide bonds. The summed E-state index contributed by atoms with van der Waals surface area (Å²) in [5.74, 6) is 0.631. The Balaban J connectivity index is 3.23. The van der Waals surface area contributed by atoms with Gasteiger partial charge in [-0.25, -0.2) is 0 Å². The van der Waals surface area contributed by atoms with E-state index in [1.54, 1.807) is 0 Å². The minimum atomic E-state index is -0.137. The van der Waals surface area contributed by atoms with Crippen LogP contribution in [0.3, 0.4) is 0 Å². The molecule has 0 aliphatic rings. The highest BCUT2D eigenvalue weighted by atomic mass is 79.9. The summed E-state index contributed by atoms with van der Waals surface area (Å²) in [5, 5.41) is 9.79. The topological polar surface area (TPSA) is 55.5 Å². The van der Waals surface area contributed by atoms with Crippen LogP contribution in [-0.4, -0.2) is 18.3 Å². The maximum atomic E-state index is 9.79. The van der Waals surface area contributed by atoms with Gasteiger partial charge in [-0.1, -0.05) is 13.8 Å². The largest absolute Gasteiger partial charge is 0.503 e. The molecule has 0 aliphatic carbocycles. The molecule has 1 aromatic carbocycles. The van der Waals surface area contributed by atoms with Gasteiger partial charge in [0.05, 0.1) is 11.1 Å². The number of aromatic hydroxyl groups is 1. The van der Waals surface area contributed by atoms with Crippen LogP contribution in [0, 0.1) is 0 Å². The molecular formula is C12H18BrNO2. The maximum Gasteiger partial charge on any atom is 0.172 e. The van der Waals surface area contributed by atoms with Crippen molar-refractivity contribution < 1.29 is 9.84 Å². The molecule has 0 saturated carbocycles. The number of benzene rings is 1. The van der Waals surface area contributed by atoms with E-state index in [1.165, 1.54) is 0 Å². The lowest BCUT2D eigenvalue weighted by Crippen LogP contribution is -2.28. The van der Waals surface area contributed by atoms with Gasteiger partial charge in [0.15, 0.2) is 11.5 Å². The molecule has 3 nitrogen and oxygen atoms in total. The fourth-order valence-electron chi connectivity index (χ4n) is 1.35. The van der Waals surface area contributed by atoms with Gasteiger partial charge in [0.1, 0.15) is 0 Å². The van der Waals surface area contributed by atoms with Crippen LogP contribution in [0.1, 0.15) is 26.3 Å². The first-order valence-corrected chi connectivity index (χ1v) is 6.07. The molecule has 90 valence electrons. The number of nitrogens with two attached hydrogens (primary N) is 1. The molecule has 0 bridgehead atoms. The molecule has 0 heterocycles. The van der Waals surface area contributed by atoms with Gasteiger partial charge >= 0.3 is 0 Å². The van der Waals surface area contributed by atoms with Crippen LogP contribution in [-0.2, 0) is 5.41 Å². The van der Waals surface area contributed by atoms with E-state index in [0.717, 1.165) is 5.56 Å². The van der Waals surface area contributed by atoms with Crippen LogP contribution in [0.5, 0.6) is 11.5 Å². The molecule has 0 atom stereocenters. The van der Waals surface area contributed by atoms with Crippen molar-refractivity contribution in [2.45, 2.75) is 26.2 Å². The molecular weight excluding hydrogens is 270 g/mol. The van der Waals surface area contributed by atoms with E-state index in [1.807, 2.05) is 19.1 Å². The third-order valence-corrected chi connectivity index (χ3v) is 3.22. The Bertz CT molecular complexity index is 378. The Morgan fingerprint density at radius 1 is 1.44 bits per heavy atom. The highest BCUT2D eigenvalue weighted by molar-refractivity contribution is 9.10. The van der Waals surface area contributed by atoms with E-state index in [0.29, 0.717) is 23.4 Å². The van der Waals surface area contributed by atoms with Crippen molar-refractivity contribution in [3.8, 4) is 11.5 Å². The first-order valence-electron chi connectivity index (χ1n) is 5.28.